The Kier molecular flexibility index (Phi) is 7.08. The molecule has 0 spiro atoms. The maximum Gasteiger partial charge on any atom is 0.223 e. The molecule has 1 aliphatic heterocycles. The Hall–Kier alpha value is -3.60. The van der Waals surface area contributed by atoms with Crippen LogP contribution in [-0.2, 0) is 11.3 Å². The summed E-state index contributed by atoms with van der Waals surface area (Å²) in [7, 11) is 0. The summed E-state index contributed by atoms with van der Waals surface area (Å²) in [6.07, 6.45) is 1.69. The SMILES string of the molecule is Cc1ccc(C)c(Cn2c(N3CCC(C(=O)NCC(C)c4ccccc4)CC3)nc3ccccc32)c1. The van der Waals surface area contributed by atoms with Gasteiger partial charge in [-0.05, 0) is 61.4 Å². The molecule has 36 heavy (non-hydrogen) atoms. The molecule has 1 N–H and O–H groups in total. The molecule has 5 heteroatoms. The van der Waals surface area contributed by atoms with Gasteiger partial charge >= 0.3 is 0 Å². The monoisotopic (exact) mass is 480 g/mol. The summed E-state index contributed by atoms with van der Waals surface area (Å²) in [6, 6.07) is 25.4. The van der Waals surface area contributed by atoms with Crippen LogP contribution in [0.3, 0.4) is 0 Å². The molecule has 1 aromatic heterocycles. The van der Waals surface area contributed by atoms with E-state index in [1.165, 1.54) is 22.3 Å². The second kappa shape index (κ2) is 10.6. The van der Waals surface area contributed by atoms with Crippen LogP contribution < -0.4 is 10.2 Å². The van der Waals surface area contributed by atoms with E-state index in [1.54, 1.807) is 0 Å². The third kappa shape index (κ3) is 5.15. The van der Waals surface area contributed by atoms with Crippen molar-refractivity contribution in [1.82, 2.24) is 14.9 Å². The largest absolute Gasteiger partial charge is 0.355 e. The quantitative estimate of drug-likeness (QED) is 0.362. The Morgan fingerprint density at radius 2 is 1.72 bits per heavy atom. The lowest BCUT2D eigenvalue weighted by Gasteiger charge is -2.32. The third-order valence-electron chi connectivity index (χ3n) is 7.57. The van der Waals surface area contributed by atoms with Gasteiger partial charge in [-0.15, -0.1) is 0 Å². The highest BCUT2D eigenvalue weighted by atomic mass is 16.1. The van der Waals surface area contributed by atoms with Gasteiger partial charge in [0.15, 0.2) is 0 Å². The number of rotatable bonds is 7. The van der Waals surface area contributed by atoms with Crippen LogP contribution in [0.25, 0.3) is 11.0 Å². The smallest absolute Gasteiger partial charge is 0.223 e. The van der Waals surface area contributed by atoms with Gasteiger partial charge in [0, 0.05) is 25.6 Å². The topological polar surface area (TPSA) is 50.2 Å². The first-order valence-corrected chi connectivity index (χ1v) is 13.1. The van der Waals surface area contributed by atoms with E-state index in [0.29, 0.717) is 12.5 Å². The molecule has 1 amide bonds. The molecule has 3 aromatic carbocycles. The van der Waals surface area contributed by atoms with Crippen molar-refractivity contribution >= 4 is 22.9 Å². The fourth-order valence-corrected chi connectivity index (χ4v) is 5.24. The first kappa shape index (κ1) is 24.1. The molecule has 0 saturated carbocycles. The van der Waals surface area contributed by atoms with E-state index >= 15 is 0 Å². The summed E-state index contributed by atoms with van der Waals surface area (Å²) < 4.78 is 2.35. The van der Waals surface area contributed by atoms with Crippen LogP contribution in [0, 0.1) is 19.8 Å². The summed E-state index contributed by atoms with van der Waals surface area (Å²) in [4.78, 5) is 20.3. The third-order valence-corrected chi connectivity index (χ3v) is 7.57. The maximum atomic E-state index is 12.9. The van der Waals surface area contributed by atoms with Crippen LogP contribution in [0.4, 0.5) is 5.95 Å². The van der Waals surface area contributed by atoms with Crippen LogP contribution in [-0.4, -0.2) is 35.1 Å². The lowest BCUT2D eigenvalue weighted by molar-refractivity contribution is -0.125. The van der Waals surface area contributed by atoms with Crippen molar-refractivity contribution in [3.8, 4) is 0 Å². The van der Waals surface area contributed by atoms with Crippen molar-refractivity contribution < 1.29 is 4.79 Å². The van der Waals surface area contributed by atoms with Gasteiger partial charge in [-0.25, -0.2) is 4.98 Å². The van der Waals surface area contributed by atoms with E-state index in [-0.39, 0.29) is 11.8 Å². The number of hydrogen-bond acceptors (Lipinski definition) is 3. The van der Waals surface area contributed by atoms with E-state index in [0.717, 1.165) is 49.5 Å². The summed E-state index contributed by atoms with van der Waals surface area (Å²) in [5, 5.41) is 3.20. The number of carbonyl (C=O) groups is 1. The lowest BCUT2D eigenvalue weighted by atomic mass is 9.95. The van der Waals surface area contributed by atoms with Gasteiger partial charge in [0.25, 0.3) is 0 Å². The molecular formula is C31H36N4O. The molecule has 1 fully saturated rings. The predicted octanol–water partition coefficient (Wildman–Crippen LogP) is 5.84. The molecule has 0 radical (unpaired) electrons. The number of piperidine rings is 1. The molecular weight excluding hydrogens is 444 g/mol. The first-order chi connectivity index (χ1) is 17.5. The number of aryl methyl sites for hydroxylation is 2. The van der Waals surface area contributed by atoms with Crippen molar-refractivity contribution in [3.05, 3.63) is 95.1 Å². The summed E-state index contributed by atoms with van der Waals surface area (Å²) in [5.41, 5.74) is 7.33. The number of nitrogens with one attached hydrogen (secondary N) is 1. The molecule has 0 aliphatic carbocycles. The second-order valence-corrected chi connectivity index (χ2v) is 10.2. The first-order valence-electron chi connectivity index (χ1n) is 13.1. The number of fused-ring (bicyclic) bond motifs is 1. The number of benzene rings is 3. The lowest BCUT2D eigenvalue weighted by Crippen LogP contribution is -2.42. The molecule has 1 saturated heterocycles. The highest BCUT2D eigenvalue weighted by Gasteiger charge is 2.28. The average molecular weight is 481 g/mol. The molecule has 0 bridgehead atoms. The predicted molar refractivity (Wildman–Crippen MR) is 148 cm³/mol. The number of carbonyl (C=O) groups excluding carboxylic acids is 1. The zero-order valence-corrected chi connectivity index (χ0v) is 21.6. The van der Waals surface area contributed by atoms with Crippen molar-refractivity contribution in [2.75, 3.05) is 24.5 Å². The normalized spacial score (nSPS) is 15.2. The van der Waals surface area contributed by atoms with Crippen molar-refractivity contribution in [1.29, 1.82) is 0 Å². The molecule has 186 valence electrons. The zero-order chi connectivity index (χ0) is 25.1. The minimum absolute atomic E-state index is 0.0565. The van der Waals surface area contributed by atoms with Crippen molar-refractivity contribution in [2.24, 2.45) is 5.92 Å². The zero-order valence-electron chi connectivity index (χ0n) is 21.6. The van der Waals surface area contributed by atoms with Gasteiger partial charge in [-0.1, -0.05) is 73.2 Å². The van der Waals surface area contributed by atoms with Crippen LogP contribution in [0.2, 0.25) is 0 Å². The Bertz CT molecular complexity index is 1340. The molecule has 4 aromatic rings. The van der Waals surface area contributed by atoms with Gasteiger partial charge in [0.2, 0.25) is 11.9 Å². The van der Waals surface area contributed by atoms with Crippen LogP contribution in [0.5, 0.6) is 0 Å². The van der Waals surface area contributed by atoms with E-state index in [1.807, 2.05) is 12.1 Å². The standard InChI is InChI=1S/C31H36N4O/c1-22-13-14-23(2)27(19-22)21-35-29-12-8-7-11-28(29)33-31(35)34-17-15-26(16-18-34)30(36)32-20-24(3)25-9-5-4-6-10-25/h4-14,19,24,26H,15-18,20-21H2,1-3H3,(H,32,36). The van der Waals surface area contributed by atoms with Crippen molar-refractivity contribution in [3.63, 3.8) is 0 Å². The number of para-hydroxylation sites is 2. The van der Waals surface area contributed by atoms with Crippen LogP contribution in [0.15, 0.2) is 72.8 Å². The van der Waals surface area contributed by atoms with Gasteiger partial charge in [0.1, 0.15) is 0 Å². The fourth-order valence-electron chi connectivity index (χ4n) is 5.24. The van der Waals surface area contributed by atoms with Crippen LogP contribution in [0.1, 0.15) is 47.9 Å². The van der Waals surface area contributed by atoms with Gasteiger partial charge < -0.3 is 14.8 Å². The number of hydrogen-bond donors (Lipinski definition) is 1. The van der Waals surface area contributed by atoms with Gasteiger partial charge in [0.05, 0.1) is 17.6 Å². The van der Waals surface area contributed by atoms with E-state index in [9.17, 15) is 4.79 Å². The molecule has 1 atom stereocenters. The Labute approximate surface area is 214 Å². The summed E-state index contributed by atoms with van der Waals surface area (Å²) >= 11 is 0. The highest BCUT2D eigenvalue weighted by molar-refractivity contribution is 5.80. The molecule has 1 unspecified atom stereocenters. The van der Waals surface area contributed by atoms with Crippen LogP contribution >= 0.6 is 0 Å². The van der Waals surface area contributed by atoms with E-state index in [4.69, 9.17) is 4.98 Å². The number of nitrogens with zero attached hydrogens (tertiary/aromatic N) is 3. The molecule has 5 rings (SSSR count). The maximum absolute atomic E-state index is 12.9. The second-order valence-electron chi connectivity index (χ2n) is 10.2. The fraction of sp³-hybridized carbons (Fsp3) is 0.355. The Morgan fingerprint density at radius 3 is 2.50 bits per heavy atom. The minimum atomic E-state index is 0.0565. The molecule has 1 aliphatic rings. The summed E-state index contributed by atoms with van der Waals surface area (Å²) in [6.45, 7) is 9.63. The van der Waals surface area contributed by atoms with E-state index < -0.39 is 0 Å². The number of aromatic nitrogens is 2. The van der Waals surface area contributed by atoms with Gasteiger partial charge in [-0.2, -0.15) is 0 Å². The Morgan fingerprint density at radius 1 is 1.00 bits per heavy atom. The van der Waals surface area contributed by atoms with E-state index in [2.05, 4.69) is 96.2 Å². The van der Waals surface area contributed by atoms with Gasteiger partial charge in [-0.3, -0.25) is 4.79 Å². The number of imidazole rings is 1. The number of anilines is 1. The molecule has 5 nitrogen and oxygen atoms in total. The highest BCUT2D eigenvalue weighted by Crippen LogP contribution is 2.29. The van der Waals surface area contributed by atoms with Crippen molar-refractivity contribution in [2.45, 2.75) is 46.1 Å². The summed E-state index contributed by atoms with van der Waals surface area (Å²) in [5.74, 6) is 1.55. The molecule has 2 heterocycles. The average Bonchev–Trinajstić information content (AvgIpc) is 3.28. The Balaban J connectivity index is 1.27. The number of amides is 1. The minimum Gasteiger partial charge on any atom is -0.355 e.